The zero-order chi connectivity index (χ0) is 18.8. The van der Waals surface area contributed by atoms with Gasteiger partial charge in [-0.2, -0.15) is 0 Å². The maximum absolute atomic E-state index is 11.9. The van der Waals surface area contributed by atoms with Crippen molar-refractivity contribution in [3.8, 4) is 0 Å². The fourth-order valence-corrected chi connectivity index (χ4v) is 3.86. The van der Waals surface area contributed by atoms with Crippen LogP contribution in [0.1, 0.15) is 20.9 Å². The summed E-state index contributed by atoms with van der Waals surface area (Å²) >= 11 is 1.69. The number of rotatable bonds is 4. The van der Waals surface area contributed by atoms with Crippen LogP contribution in [0, 0.1) is 24.0 Å². The molecule has 2 aromatic rings. The molecule has 9 heteroatoms. The number of methoxy groups -OCH3 is 1. The molecular formula is C17H20N4O4S. The molecule has 2 heterocycles. The smallest absolute Gasteiger partial charge is 0.344 e. The lowest BCUT2D eigenvalue weighted by Crippen LogP contribution is -2.46. The fraction of sp³-hybridized carbons (Fsp3) is 0.412. The Bertz CT molecular complexity index is 824. The molecule has 0 spiro atoms. The van der Waals surface area contributed by atoms with Gasteiger partial charge in [-0.3, -0.25) is 10.1 Å². The van der Waals surface area contributed by atoms with Crippen molar-refractivity contribution in [2.24, 2.45) is 0 Å². The Morgan fingerprint density at radius 2 is 1.88 bits per heavy atom. The fourth-order valence-electron chi connectivity index (χ4n) is 2.90. The standard InChI is InChI=1S/C17H20N4O4S/c1-11-12(2)26-17(18-11)20-8-6-19(7-9-20)13-4-5-15(21(23)24)14(10-13)16(22)25-3/h4-5,10H,6-9H2,1-3H3. The van der Waals surface area contributed by atoms with Crippen molar-refractivity contribution in [1.82, 2.24) is 4.98 Å². The van der Waals surface area contributed by atoms with E-state index in [0.29, 0.717) is 0 Å². The minimum absolute atomic E-state index is 0.0244. The SMILES string of the molecule is COC(=O)c1cc(N2CCN(c3nc(C)c(C)s3)CC2)ccc1[N+](=O)[O-]. The molecule has 0 saturated carbocycles. The zero-order valence-corrected chi connectivity index (χ0v) is 15.7. The topological polar surface area (TPSA) is 88.8 Å². The van der Waals surface area contributed by atoms with Gasteiger partial charge in [0.2, 0.25) is 0 Å². The number of ether oxygens (including phenoxy) is 1. The first-order valence-electron chi connectivity index (χ1n) is 8.21. The first-order chi connectivity index (χ1) is 12.4. The highest BCUT2D eigenvalue weighted by molar-refractivity contribution is 7.15. The second-order valence-electron chi connectivity index (χ2n) is 6.06. The number of hydrogen-bond acceptors (Lipinski definition) is 8. The van der Waals surface area contributed by atoms with Gasteiger partial charge in [0, 0.05) is 42.8 Å². The quantitative estimate of drug-likeness (QED) is 0.460. The molecule has 1 aliphatic rings. The number of nitrogens with zero attached hydrogens (tertiary/aromatic N) is 4. The van der Waals surface area contributed by atoms with Crippen LogP contribution in [0.2, 0.25) is 0 Å². The molecule has 3 rings (SSSR count). The molecule has 0 amide bonds. The summed E-state index contributed by atoms with van der Waals surface area (Å²) in [6, 6.07) is 4.58. The Balaban J connectivity index is 1.76. The van der Waals surface area contributed by atoms with Gasteiger partial charge in [-0.25, -0.2) is 9.78 Å². The number of esters is 1. The Morgan fingerprint density at radius 3 is 2.42 bits per heavy atom. The van der Waals surface area contributed by atoms with Crippen molar-refractivity contribution in [2.75, 3.05) is 43.1 Å². The Labute approximate surface area is 155 Å². The first kappa shape index (κ1) is 18.1. The van der Waals surface area contributed by atoms with Crippen LogP contribution in [-0.4, -0.2) is 49.2 Å². The Morgan fingerprint density at radius 1 is 1.23 bits per heavy atom. The lowest BCUT2D eigenvalue weighted by Gasteiger charge is -2.36. The predicted octanol–water partition coefficient (Wildman–Crippen LogP) is 2.78. The third-order valence-electron chi connectivity index (χ3n) is 4.51. The molecule has 0 bridgehead atoms. The van der Waals surface area contributed by atoms with Crippen molar-refractivity contribution in [1.29, 1.82) is 0 Å². The Hall–Kier alpha value is -2.68. The van der Waals surface area contributed by atoms with Crippen LogP contribution in [0.25, 0.3) is 0 Å². The summed E-state index contributed by atoms with van der Waals surface area (Å²) in [4.78, 5) is 32.6. The summed E-state index contributed by atoms with van der Waals surface area (Å²) in [7, 11) is 1.22. The molecular weight excluding hydrogens is 356 g/mol. The molecule has 1 aliphatic heterocycles. The van der Waals surface area contributed by atoms with Gasteiger partial charge in [0.05, 0.1) is 17.7 Å². The molecule has 26 heavy (non-hydrogen) atoms. The number of aromatic nitrogens is 1. The highest BCUT2D eigenvalue weighted by atomic mass is 32.1. The Kier molecular flexibility index (Phi) is 5.08. The van der Waals surface area contributed by atoms with Gasteiger partial charge in [0.15, 0.2) is 5.13 Å². The molecule has 0 aliphatic carbocycles. The van der Waals surface area contributed by atoms with Crippen molar-refractivity contribution in [2.45, 2.75) is 13.8 Å². The molecule has 8 nitrogen and oxygen atoms in total. The third kappa shape index (κ3) is 3.48. The first-order valence-corrected chi connectivity index (χ1v) is 9.03. The number of hydrogen-bond donors (Lipinski definition) is 0. The van der Waals surface area contributed by atoms with E-state index in [1.807, 2.05) is 6.92 Å². The molecule has 0 atom stereocenters. The van der Waals surface area contributed by atoms with Crippen LogP contribution < -0.4 is 9.80 Å². The number of nitro benzene ring substituents is 1. The van der Waals surface area contributed by atoms with Crippen LogP contribution in [0.15, 0.2) is 18.2 Å². The summed E-state index contributed by atoms with van der Waals surface area (Å²) in [6.07, 6.45) is 0. The van der Waals surface area contributed by atoms with E-state index in [1.165, 1.54) is 24.1 Å². The van der Waals surface area contributed by atoms with Gasteiger partial charge in [0.25, 0.3) is 5.69 Å². The molecule has 0 radical (unpaired) electrons. The molecule has 1 saturated heterocycles. The number of carbonyl (C=O) groups excluding carboxylic acids is 1. The monoisotopic (exact) mass is 376 g/mol. The van der Waals surface area contributed by atoms with E-state index in [4.69, 9.17) is 0 Å². The number of aryl methyl sites for hydroxylation is 2. The highest BCUT2D eigenvalue weighted by Crippen LogP contribution is 2.29. The van der Waals surface area contributed by atoms with Crippen LogP contribution in [-0.2, 0) is 4.74 Å². The van der Waals surface area contributed by atoms with Gasteiger partial charge in [0.1, 0.15) is 5.56 Å². The normalized spacial score (nSPS) is 14.4. The van der Waals surface area contributed by atoms with Gasteiger partial charge < -0.3 is 14.5 Å². The number of piperazine rings is 1. The lowest BCUT2D eigenvalue weighted by atomic mass is 10.1. The van der Waals surface area contributed by atoms with E-state index in [2.05, 4.69) is 26.4 Å². The average molecular weight is 376 g/mol. The molecule has 1 aromatic heterocycles. The second kappa shape index (κ2) is 7.28. The summed E-state index contributed by atoms with van der Waals surface area (Å²) in [5.41, 5.74) is 1.57. The van der Waals surface area contributed by atoms with Crippen molar-refractivity contribution in [3.63, 3.8) is 0 Å². The lowest BCUT2D eigenvalue weighted by molar-refractivity contribution is -0.385. The largest absolute Gasteiger partial charge is 0.465 e. The third-order valence-corrected chi connectivity index (χ3v) is 5.65. The van der Waals surface area contributed by atoms with E-state index in [9.17, 15) is 14.9 Å². The van der Waals surface area contributed by atoms with Crippen molar-refractivity contribution >= 4 is 33.8 Å². The molecule has 1 fully saturated rings. The summed E-state index contributed by atoms with van der Waals surface area (Å²) in [5, 5.41) is 12.2. The van der Waals surface area contributed by atoms with E-state index in [1.54, 1.807) is 17.4 Å². The van der Waals surface area contributed by atoms with Gasteiger partial charge in [-0.1, -0.05) is 0 Å². The molecule has 0 N–H and O–H groups in total. The number of benzene rings is 1. The van der Waals surface area contributed by atoms with Crippen LogP contribution in [0.4, 0.5) is 16.5 Å². The van der Waals surface area contributed by atoms with Crippen molar-refractivity contribution < 1.29 is 14.5 Å². The van der Waals surface area contributed by atoms with Gasteiger partial charge in [-0.05, 0) is 26.0 Å². The molecule has 1 aromatic carbocycles. The maximum Gasteiger partial charge on any atom is 0.344 e. The predicted molar refractivity (Wildman–Crippen MR) is 100 cm³/mol. The van der Waals surface area contributed by atoms with Crippen molar-refractivity contribution in [3.05, 3.63) is 44.4 Å². The zero-order valence-electron chi connectivity index (χ0n) is 14.9. The second-order valence-corrected chi connectivity index (χ2v) is 7.24. The number of thiazole rings is 1. The minimum Gasteiger partial charge on any atom is -0.465 e. The number of anilines is 2. The van der Waals surface area contributed by atoms with Gasteiger partial charge >= 0.3 is 5.97 Å². The summed E-state index contributed by atoms with van der Waals surface area (Å²) in [6.45, 7) is 7.18. The summed E-state index contributed by atoms with van der Waals surface area (Å²) < 4.78 is 4.68. The van der Waals surface area contributed by atoms with E-state index in [0.717, 1.165) is 42.7 Å². The average Bonchev–Trinajstić information content (AvgIpc) is 2.99. The van der Waals surface area contributed by atoms with E-state index < -0.39 is 10.9 Å². The minimum atomic E-state index is -0.703. The van der Waals surface area contributed by atoms with Crippen LogP contribution >= 0.6 is 11.3 Å². The van der Waals surface area contributed by atoms with E-state index >= 15 is 0 Å². The molecule has 0 unspecified atom stereocenters. The van der Waals surface area contributed by atoms with Gasteiger partial charge in [-0.15, -0.1) is 11.3 Å². The maximum atomic E-state index is 11.9. The highest BCUT2D eigenvalue weighted by Gasteiger charge is 2.25. The number of carbonyl (C=O) groups is 1. The van der Waals surface area contributed by atoms with Crippen LogP contribution in [0.5, 0.6) is 0 Å². The van der Waals surface area contributed by atoms with Crippen LogP contribution in [0.3, 0.4) is 0 Å². The summed E-state index contributed by atoms with van der Waals surface area (Å²) in [5.74, 6) is -0.703. The molecule has 138 valence electrons. The van der Waals surface area contributed by atoms with E-state index in [-0.39, 0.29) is 11.3 Å². The number of nitro groups is 1.